The molecule has 11 heteroatoms. The number of Topliss-reactive ketones (excluding diaryl/α,β-unsaturated/α-hetero) is 1. The number of hydrogen-bond donors (Lipinski definition) is 2. The minimum absolute atomic E-state index is 0.0160. The van der Waals surface area contributed by atoms with Crippen LogP contribution in [0.25, 0.3) is 0 Å². The lowest BCUT2D eigenvalue weighted by atomic mass is 9.49. The standard InChI is InChI=1S/C18H21NO4.C18H25NO.C9H8O4/c1-19-8-7-17-14-10-3-4-12(22-2)15(14)23-16(17)11(20)5-6-18(17,21)13(19)9-10;1-19-10-9-18-8-4-3-5-15(18)17(19)11-13-6-7-14(20-2)12-16(13)18;1-6(10)13-8-5-3-2-4-7(8)9(11)12/h3-4,13,16,21H,5-9H2,1-2H3;6-7,12,15,17H,3-5,8-11H2,1-2H3;2-5H,1H3,(H,11,12)/t13-,16+,17+,18-;15-,17-,18-;/m11./s1. The third kappa shape index (κ3) is 5.83. The van der Waals surface area contributed by atoms with Crippen LogP contribution >= 0.6 is 0 Å². The number of piperidine rings is 2. The van der Waals surface area contributed by atoms with Gasteiger partial charge in [-0.05, 0) is 125 Å². The fourth-order valence-electron chi connectivity index (χ4n) is 11.9. The van der Waals surface area contributed by atoms with Crippen LogP contribution in [0.5, 0.6) is 23.0 Å². The van der Waals surface area contributed by atoms with Crippen LogP contribution in [0.3, 0.4) is 0 Å². The molecule has 11 nitrogen and oxygen atoms in total. The van der Waals surface area contributed by atoms with E-state index < -0.39 is 29.1 Å². The second-order valence-electron chi connectivity index (χ2n) is 16.9. The van der Waals surface area contributed by atoms with Gasteiger partial charge in [0.15, 0.2) is 23.4 Å². The van der Waals surface area contributed by atoms with Gasteiger partial charge in [-0.2, -0.15) is 0 Å². The molecule has 2 saturated heterocycles. The minimum atomic E-state index is -1.11. The van der Waals surface area contributed by atoms with Gasteiger partial charge in [0.1, 0.15) is 17.1 Å². The van der Waals surface area contributed by atoms with Crippen molar-refractivity contribution in [3.05, 3.63) is 82.4 Å². The summed E-state index contributed by atoms with van der Waals surface area (Å²) < 4.78 is 21.8. The highest BCUT2D eigenvalue weighted by Crippen LogP contribution is 2.64. The van der Waals surface area contributed by atoms with Crippen molar-refractivity contribution >= 4 is 17.7 Å². The number of methoxy groups -OCH3 is 2. The molecule has 2 N–H and O–H groups in total. The largest absolute Gasteiger partial charge is 0.497 e. The molecule has 298 valence electrons. The summed E-state index contributed by atoms with van der Waals surface area (Å²) in [6, 6.07) is 17.6. The number of likely N-dealkylation sites (tertiary alicyclic amines) is 2. The van der Waals surface area contributed by atoms with Crippen LogP contribution in [0.1, 0.15) is 90.9 Å². The summed E-state index contributed by atoms with van der Waals surface area (Å²) in [6.07, 6.45) is 10.1. The van der Waals surface area contributed by atoms with E-state index in [0.29, 0.717) is 29.8 Å². The molecular formula is C45H54N2O9. The van der Waals surface area contributed by atoms with Gasteiger partial charge in [0.25, 0.3) is 0 Å². The molecule has 7 atom stereocenters. The summed E-state index contributed by atoms with van der Waals surface area (Å²) in [5.41, 5.74) is 4.39. The SMILES string of the molecule is CC(=O)Oc1ccccc1C(=O)O.COc1ccc2c(c1)[C@@]13CCCC[C@@H]1[C@@H](C2)N(C)CC3.COc1ccc2c3c1O[C@H]1C(=O)CC[C@@]4(O)[C@@H](C2)N(C)CC[C@]314. The maximum atomic E-state index is 12.7. The second-order valence-corrected chi connectivity index (χ2v) is 16.9. The van der Waals surface area contributed by atoms with E-state index in [9.17, 15) is 19.5 Å². The molecule has 3 heterocycles. The number of likely N-dealkylation sites (N-methyl/N-ethyl adjacent to an activating group) is 2. The first-order valence-corrected chi connectivity index (χ1v) is 20.1. The second kappa shape index (κ2) is 14.5. The Morgan fingerprint density at radius 1 is 0.875 bits per heavy atom. The lowest BCUT2D eigenvalue weighted by molar-refractivity contribution is -0.185. The summed E-state index contributed by atoms with van der Waals surface area (Å²) in [7, 11) is 7.82. The Morgan fingerprint density at radius 3 is 2.39 bits per heavy atom. The predicted octanol–water partition coefficient (Wildman–Crippen LogP) is 5.74. The van der Waals surface area contributed by atoms with E-state index in [1.54, 1.807) is 37.5 Å². The number of hydrogen-bond acceptors (Lipinski definition) is 10. The third-order valence-electron chi connectivity index (χ3n) is 14.4. The van der Waals surface area contributed by atoms with Gasteiger partial charge in [0.05, 0.1) is 25.2 Å². The first-order chi connectivity index (χ1) is 26.9. The molecule has 0 aromatic heterocycles. The van der Waals surface area contributed by atoms with Crippen molar-refractivity contribution in [2.24, 2.45) is 5.92 Å². The first kappa shape index (κ1) is 38.4. The number of carboxylic acid groups (broad SMARTS) is 1. The molecule has 7 aliphatic rings. The number of aromatic carboxylic acids is 1. The number of carboxylic acids is 1. The molecule has 0 unspecified atom stereocenters. The van der Waals surface area contributed by atoms with Crippen LogP contribution in [0.2, 0.25) is 0 Å². The van der Waals surface area contributed by atoms with Crippen LogP contribution in [0, 0.1) is 5.92 Å². The van der Waals surface area contributed by atoms with E-state index in [4.69, 9.17) is 19.3 Å². The smallest absolute Gasteiger partial charge is 0.339 e. The number of nitrogens with zero attached hydrogens (tertiary/aromatic N) is 2. The van der Waals surface area contributed by atoms with Crippen molar-refractivity contribution in [2.75, 3.05) is 41.4 Å². The van der Waals surface area contributed by atoms with Gasteiger partial charge >= 0.3 is 11.9 Å². The van der Waals surface area contributed by atoms with Crippen molar-refractivity contribution in [1.82, 2.24) is 9.80 Å². The third-order valence-corrected chi connectivity index (χ3v) is 14.4. The Labute approximate surface area is 328 Å². The Hall–Kier alpha value is -4.45. The number of ether oxygens (including phenoxy) is 4. The van der Waals surface area contributed by atoms with Crippen molar-refractivity contribution in [3.8, 4) is 23.0 Å². The predicted molar refractivity (Wildman–Crippen MR) is 209 cm³/mol. The minimum Gasteiger partial charge on any atom is -0.497 e. The molecule has 3 aliphatic heterocycles. The topological polar surface area (TPSA) is 135 Å². The number of carbonyl (C=O) groups excluding carboxylic acids is 2. The Kier molecular flexibility index (Phi) is 9.94. The summed E-state index contributed by atoms with van der Waals surface area (Å²) in [5.74, 6) is 1.80. The van der Waals surface area contributed by atoms with E-state index >= 15 is 0 Å². The van der Waals surface area contributed by atoms with Gasteiger partial charge in [-0.1, -0.05) is 37.1 Å². The highest BCUT2D eigenvalue weighted by Gasteiger charge is 2.72. The number of benzene rings is 3. The maximum Gasteiger partial charge on any atom is 0.339 e. The van der Waals surface area contributed by atoms with E-state index in [1.807, 2.05) is 6.07 Å². The Morgan fingerprint density at radius 2 is 1.64 bits per heavy atom. The van der Waals surface area contributed by atoms with Crippen LogP contribution in [0.15, 0.2) is 54.6 Å². The quantitative estimate of drug-likeness (QED) is 0.249. The molecule has 4 bridgehead atoms. The number of para-hydroxylation sites is 1. The molecule has 4 fully saturated rings. The zero-order valence-corrected chi connectivity index (χ0v) is 33.1. The van der Waals surface area contributed by atoms with E-state index in [0.717, 1.165) is 42.7 Å². The number of fused-ring (bicyclic) bond motifs is 1. The zero-order chi connectivity index (χ0) is 39.6. The van der Waals surface area contributed by atoms with Gasteiger partial charge in [-0.15, -0.1) is 0 Å². The lowest BCUT2D eigenvalue weighted by Crippen LogP contribution is -2.76. The highest BCUT2D eigenvalue weighted by molar-refractivity contribution is 5.92. The molecule has 0 radical (unpaired) electrons. The lowest BCUT2D eigenvalue weighted by Gasteiger charge is -2.62. The molecule has 4 aliphatic carbocycles. The monoisotopic (exact) mass is 766 g/mol. The van der Waals surface area contributed by atoms with E-state index in [-0.39, 0.29) is 23.1 Å². The molecule has 2 saturated carbocycles. The van der Waals surface area contributed by atoms with Crippen LogP contribution < -0.4 is 18.9 Å². The number of ketones is 1. The van der Waals surface area contributed by atoms with Gasteiger partial charge in [-0.3, -0.25) is 9.59 Å². The Balaban J connectivity index is 0.000000123. The van der Waals surface area contributed by atoms with Crippen molar-refractivity contribution < 1.29 is 43.5 Å². The van der Waals surface area contributed by atoms with Crippen molar-refractivity contribution in [1.29, 1.82) is 0 Å². The molecule has 10 rings (SSSR count). The fourth-order valence-corrected chi connectivity index (χ4v) is 11.9. The number of carbonyl (C=O) groups is 3. The van der Waals surface area contributed by atoms with E-state index in [2.05, 4.69) is 52.9 Å². The van der Waals surface area contributed by atoms with Crippen LogP contribution in [-0.4, -0.2) is 103 Å². The van der Waals surface area contributed by atoms with Gasteiger partial charge in [0.2, 0.25) is 0 Å². The molecule has 3 aromatic carbocycles. The highest BCUT2D eigenvalue weighted by atomic mass is 16.5. The average molecular weight is 767 g/mol. The Bertz CT molecular complexity index is 2050. The number of esters is 1. The van der Waals surface area contributed by atoms with Crippen LogP contribution in [0.4, 0.5) is 0 Å². The maximum absolute atomic E-state index is 12.7. The first-order valence-electron chi connectivity index (χ1n) is 20.1. The summed E-state index contributed by atoms with van der Waals surface area (Å²) in [5, 5.41) is 20.4. The van der Waals surface area contributed by atoms with Gasteiger partial charge in [-0.25, -0.2) is 4.79 Å². The number of aliphatic hydroxyl groups is 1. The van der Waals surface area contributed by atoms with Gasteiger partial charge in [0, 0.05) is 36.4 Å². The molecule has 1 spiro atoms. The molecule has 3 aromatic rings. The van der Waals surface area contributed by atoms with Crippen molar-refractivity contribution in [2.45, 2.75) is 106 Å². The normalized spacial score (nSPS) is 31.7. The summed E-state index contributed by atoms with van der Waals surface area (Å²) in [4.78, 5) is 38.7. The molecular weight excluding hydrogens is 713 g/mol. The zero-order valence-electron chi connectivity index (χ0n) is 33.1. The van der Waals surface area contributed by atoms with Crippen molar-refractivity contribution in [3.63, 3.8) is 0 Å². The molecule has 56 heavy (non-hydrogen) atoms. The molecule has 0 amide bonds. The summed E-state index contributed by atoms with van der Waals surface area (Å²) in [6.45, 7) is 3.35. The summed E-state index contributed by atoms with van der Waals surface area (Å²) >= 11 is 0. The van der Waals surface area contributed by atoms with E-state index in [1.165, 1.54) is 69.7 Å². The fraction of sp³-hybridized carbons (Fsp3) is 0.533. The number of rotatable bonds is 4. The van der Waals surface area contributed by atoms with Gasteiger partial charge < -0.3 is 39.0 Å². The van der Waals surface area contributed by atoms with Crippen LogP contribution in [-0.2, 0) is 33.3 Å². The average Bonchev–Trinajstić information content (AvgIpc) is 3.56.